The van der Waals surface area contributed by atoms with Crippen LogP contribution in [0.5, 0.6) is 5.75 Å². The molecule has 0 bridgehead atoms. The van der Waals surface area contributed by atoms with Gasteiger partial charge < -0.3 is 9.52 Å². The number of hydrogen-bond acceptors (Lipinski definition) is 4. The molecule has 1 aliphatic rings. The summed E-state index contributed by atoms with van der Waals surface area (Å²) >= 11 is 6.16. The standard InChI is InChI=1S/C23H14ClNO4/c24-14-4-3-5-15(12-14)25-20(13-8-10-16(26)11-9-13)19-21(27)17-6-1-2-7-18(17)29-22(19)23(25)28/h1-12,20,26H. The van der Waals surface area contributed by atoms with Gasteiger partial charge in [-0.1, -0.05) is 41.9 Å². The molecule has 1 N–H and O–H groups in total. The zero-order valence-electron chi connectivity index (χ0n) is 15.0. The average Bonchev–Trinajstić information content (AvgIpc) is 3.02. The molecule has 4 aromatic rings. The molecule has 1 aromatic heterocycles. The van der Waals surface area contributed by atoms with Crippen LogP contribution in [0, 0.1) is 0 Å². The summed E-state index contributed by atoms with van der Waals surface area (Å²) < 4.78 is 5.88. The lowest BCUT2D eigenvalue weighted by Gasteiger charge is -2.25. The molecular weight excluding hydrogens is 390 g/mol. The highest BCUT2D eigenvalue weighted by Crippen LogP contribution is 2.41. The molecule has 1 unspecified atom stereocenters. The third-order valence-electron chi connectivity index (χ3n) is 5.07. The number of hydrogen-bond donors (Lipinski definition) is 1. The fourth-order valence-corrected chi connectivity index (χ4v) is 3.97. The maximum Gasteiger partial charge on any atom is 0.295 e. The van der Waals surface area contributed by atoms with Gasteiger partial charge in [0, 0.05) is 10.7 Å². The molecule has 6 heteroatoms. The molecular formula is C23H14ClNO4. The van der Waals surface area contributed by atoms with E-state index in [1.807, 2.05) is 0 Å². The number of fused-ring (bicyclic) bond motifs is 2. The lowest BCUT2D eigenvalue weighted by molar-refractivity contribution is 0.0971. The van der Waals surface area contributed by atoms with Crippen molar-refractivity contribution in [3.8, 4) is 5.75 Å². The van der Waals surface area contributed by atoms with Crippen molar-refractivity contribution in [3.63, 3.8) is 0 Å². The molecule has 1 aliphatic heterocycles. The Morgan fingerprint density at radius 2 is 1.69 bits per heavy atom. The number of para-hydroxylation sites is 1. The van der Waals surface area contributed by atoms with E-state index < -0.39 is 11.9 Å². The monoisotopic (exact) mass is 403 g/mol. The van der Waals surface area contributed by atoms with Crippen LogP contribution in [0.4, 0.5) is 5.69 Å². The first-order valence-corrected chi connectivity index (χ1v) is 9.36. The molecule has 0 spiro atoms. The Labute approximate surface area is 170 Å². The Hall–Kier alpha value is -3.57. The van der Waals surface area contributed by atoms with Gasteiger partial charge in [-0.05, 0) is 48.0 Å². The summed E-state index contributed by atoms with van der Waals surface area (Å²) in [5.74, 6) is -0.298. The van der Waals surface area contributed by atoms with Crippen LogP contribution in [0.25, 0.3) is 11.0 Å². The minimum absolute atomic E-state index is 0.0201. The number of phenolic OH excluding ortho intramolecular Hbond substituents is 1. The summed E-state index contributed by atoms with van der Waals surface area (Å²) in [7, 11) is 0. The average molecular weight is 404 g/mol. The molecule has 1 atom stereocenters. The number of aromatic hydroxyl groups is 1. The minimum atomic E-state index is -0.697. The van der Waals surface area contributed by atoms with Crippen LogP contribution in [-0.4, -0.2) is 11.0 Å². The maximum atomic E-state index is 13.4. The van der Waals surface area contributed by atoms with Gasteiger partial charge in [-0.3, -0.25) is 14.5 Å². The second kappa shape index (κ2) is 6.50. The first-order chi connectivity index (χ1) is 14.0. The lowest BCUT2D eigenvalue weighted by Crippen LogP contribution is -2.29. The van der Waals surface area contributed by atoms with E-state index in [4.69, 9.17) is 16.0 Å². The molecule has 0 saturated heterocycles. The molecule has 29 heavy (non-hydrogen) atoms. The SMILES string of the molecule is O=C1c2oc3ccccc3c(=O)c2C(c2ccc(O)cc2)N1c1cccc(Cl)c1. The van der Waals surface area contributed by atoms with E-state index in [0.717, 1.165) is 0 Å². The number of carbonyl (C=O) groups excluding carboxylic acids is 1. The van der Waals surface area contributed by atoms with Gasteiger partial charge >= 0.3 is 0 Å². The van der Waals surface area contributed by atoms with Gasteiger partial charge in [-0.2, -0.15) is 0 Å². The van der Waals surface area contributed by atoms with Crippen molar-refractivity contribution in [1.82, 2.24) is 0 Å². The fourth-order valence-electron chi connectivity index (χ4n) is 3.78. The molecule has 0 fully saturated rings. The van der Waals surface area contributed by atoms with Crippen molar-refractivity contribution in [2.45, 2.75) is 6.04 Å². The van der Waals surface area contributed by atoms with Crippen molar-refractivity contribution in [3.05, 3.63) is 105 Å². The highest BCUT2D eigenvalue weighted by molar-refractivity contribution is 6.31. The minimum Gasteiger partial charge on any atom is -0.508 e. The lowest BCUT2D eigenvalue weighted by atomic mass is 9.98. The summed E-state index contributed by atoms with van der Waals surface area (Å²) in [5, 5.41) is 10.6. The Balaban J connectivity index is 1.82. The normalized spacial score (nSPS) is 15.7. The van der Waals surface area contributed by atoms with E-state index >= 15 is 0 Å². The Kier molecular flexibility index (Phi) is 3.93. The highest BCUT2D eigenvalue weighted by Gasteiger charge is 2.43. The topological polar surface area (TPSA) is 70.8 Å². The van der Waals surface area contributed by atoms with E-state index in [-0.39, 0.29) is 22.5 Å². The Morgan fingerprint density at radius 1 is 0.931 bits per heavy atom. The van der Waals surface area contributed by atoms with Gasteiger partial charge in [-0.25, -0.2) is 0 Å². The van der Waals surface area contributed by atoms with Gasteiger partial charge in [0.1, 0.15) is 11.3 Å². The van der Waals surface area contributed by atoms with Crippen LogP contribution in [0.1, 0.15) is 27.7 Å². The van der Waals surface area contributed by atoms with E-state index in [0.29, 0.717) is 27.2 Å². The van der Waals surface area contributed by atoms with Gasteiger partial charge in [0.15, 0.2) is 5.43 Å². The van der Waals surface area contributed by atoms with Gasteiger partial charge in [-0.15, -0.1) is 0 Å². The molecule has 0 radical (unpaired) electrons. The largest absolute Gasteiger partial charge is 0.508 e. The summed E-state index contributed by atoms with van der Waals surface area (Å²) in [4.78, 5) is 28.2. The summed E-state index contributed by atoms with van der Waals surface area (Å²) in [5.41, 5.74) is 1.62. The van der Waals surface area contributed by atoms with Crippen molar-refractivity contribution in [1.29, 1.82) is 0 Å². The first kappa shape index (κ1) is 17.5. The smallest absolute Gasteiger partial charge is 0.295 e. The highest BCUT2D eigenvalue weighted by atomic mass is 35.5. The number of rotatable bonds is 2. The molecule has 5 nitrogen and oxygen atoms in total. The van der Waals surface area contributed by atoms with E-state index in [1.165, 1.54) is 17.0 Å². The second-order valence-corrected chi connectivity index (χ2v) is 7.26. The summed E-state index contributed by atoms with van der Waals surface area (Å²) in [6.45, 7) is 0. The van der Waals surface area contributed by atoms with Crippen LogP contribution >= 0.6 is 11.6 Å². The van der Waals surface area contributed by atoms with Crippen LogP contribution < -0.4 is 10.3 Å². The number of anilines is 1. The van der Waals surface area contributed by atoms with Crippen molar-refractivity contribution < 1.29 is 14.3 Å². The molecule has 0 aliphatic carbocycles. The van der Waals surface area contributed by atoms with Crippen LogP contribution in [0.15, 0.2) is 82.0 Å². The Bertz CT molecular complexity index is 1330. The summed E-state index contributed by atoms with van der Waals surface area (Å²) in [6.07, 6.45) is 0. The molecule has 1 amide bonds. The fraction of sp³-hybridized carbons (Fsp3) is 0.0435. The number of phenols is 1. The molecule has 142 valence electrons. The molecule has 0 saturated carbocycles. The van der Waals surface area contributed by atoms with Crippen molar-refractivity contribution in [2.24, 2.45) is 0 Å². The number of amides is 1. The van der Waals surface area contributed by atoms with Crippen LogP contribution in [-0.2, 0) is 0 Å². The Morgan fingerprint density at radius 3 is 2.45 bits per heavy atom. The molecule has 5 rings (SSSR count). The van der Waals surface area contributed by atoms with Crippen molar-refractivity contribution >= 4 is 34.2 Å². The molecule has 2 heterocycles. The zero-order valence-corrected chi connectivity index (χ0v) is 15.8. The van der Waals surface area contributed by atoms with E-state index in [9.17, 15) is 14.7 Å². The first-order valence-electron chi connectivity index (χ1n) is 8.98. The number of benzene rings is 3. The number of halogens is 1. The number of nitrogens with zero attached hydrogens (tertiary/aromatic N) is 1. The second-order valence-electron chi connectivity index (χ2n) is 6.82. The quantitative estimate of drug-likeness (QED) is 0.516. The van der Waals surface area contributed by atoms with Crippen LogP contribution in [0.2, 0.25) is 5.02 Å². The van der Waals surface area contributed by atoms with E-state index in [2.05, 4.69) is 0 Å². The van der Waals surface area contributed by atoms with Gasteiger partial charge in [0.2, 0.25) is 5.76 Å². The van der Waals surface area contributed by atoms with Gasteiger partial charge in [0.25, 0.3) is 5.91 Å². The maximum absolute atomic E-state index is 13.4. The number of carbonyl (C=O) groups is 1. The van der Waals surface area contributed by atoms with E-state index in [1.54, 1.807) is 60.7 Å². The zero-order chi connectivity index (χ0) is 20.1. The third kappa shape index (κ3) is 2.70. The third-order valence-corrected chi connectivity index (χ3v) is 5.31. The predicted octanol–water partition coefficient (Wildman–Crippen LogP) is 4.90. The predicted molar refractivity (Wildman–Crippen MR) is 111 cm³/mol. The summed E-state index contributed by atoms with van der Waals surface area (Å²) in [6, 6.07) is 19.5. The van der Waals surface area contributed by atoms with Gasteiger partial charge in [0.05, 0.1) is 17.0 Å². The van der Waals surface area contributed by atoms with Crippen LogP contribution in [0.3, 0.4) is 0 Å². The molecule has 3 aromatic carbocycles. The van der Waals surface area contributed by atoms with Crippen molar-refractivity contribution in [2.75, 3.05) is 4.90 Å².